The summed E-state index contributed by atoms with van der Waals surface area (Å²) < 4.78 is 0. The number of carboxylic acids is 1. The number of rotatable bonds is 4. The van der Waals surface area contributed by atoms with Crippen molar-refractivity contribution in [3.05, 3.63) is 64.7 Å². The molecule has 0 aliphatic carbocycles. The van der Waals surface area contributed by atoms with E-state index in [9.17, 15) is 9.90 Å². The van der Waals surface area contributed by atoms with Gasteiger partial charge >= 0.3 is 5.97 Å². The number of nitrogens with zero attached hydrogens (tertiary/aromatic N) is 2. The van der Waals surface area contributed by atoms with Crippen LogP contribution in [-0.4, -0.2) is 18.1 Å². The molecule has 0 heterocycles. The number of aryl methyl sites for hydroxylation is 1. The van der Waals surface area contributed by atoms with E-state index in [-0.39, 0.29) is 5.56 Å². The summed E-state index contributed by atoms with van der Waals surface area (Å²) in [6, 6.07) is 14.7. The fraction of sp³-hybridized carbons (Fsp3) is 0.176. The van der Waals surface area contributed by atoms with Gasteiger partial charge in [-0.05, 0) is 42.3 Å². The number of hydrogen-bond acceptors (Lipinski definition) is 3. The lowest BCUT2D eigenvalue weighted by atomic mass is 10.1. The van der Waals surface area contributed by atoms with Crippen LogP contribution >= 0.6 is 0 Å². The molecule has 4 heteroatoms. The van der Waals surface area contributed by atoms with Crippen LogP contribution in [0.3, 0.4) is 0 Å². The Morgan fingerprint density at radius 2 is 2.05 bits per heavy atom. The van der Waals surface area contributed by atoms with Gasteiger partial charge in [-0.2, -0.15) is 5.26 Å². The first-order chi connectivity index (χ1) is 10.0. The van der Waals surface area contributed by atoms with E-state index in [1.165, 1.54) is 0 Å². The minimum absolute atomic E-state index is 0.277. The molecule has 0 atom stereocenters. The molecule has 0 aliphatic heterocycles. The molecule has 0 amide bonds. The van der Waals surface area contributed by atoms with Gasteiger partial charge in [0.15, 0.2) is 0 Å². The predicted octanol–water partition coefficient (Wildman–Crippen LogP) is 3.20. The van der Waals surface area contributed by atoms with Gasteiger partial charge in [0.1, 0.15) is 0 Å². The summed E-state index contributed by atoms with van der Waals surface area (Å²) in [4.78, 5) is 13.2. The van der Waals surface area contributed by atoms with Crippen molar-refractivity contribution in [3.63, 3.8) is 0 Å². The molecule has 0 aliphatic rings. The van der Waals surface area contributed by atoms with Gasteiger partial charge in [-0.25, -0.2) is 4.79 Å². The zero-order chi connectivity index (χ0) is 15.4. The molecule has 0 unspecified atom stereocenters. The highest BCUT2D eigenvalue weighted by atomic mass is 16.4. The lowest BCUT2D eigenvalue weighted by molar-refractivity contribution is 0.0697. The Labute approximate surface area is 123 Å². The summed E-state index contributed by atoms with van der Waals surface area (Å²) in [7, 11) is 1.85. The van der Waals surface area contributed by atoms with E-state index in [4.69, 9.17) is 5.26 Å². The second-order valence-electron chi connectivity index (χ2n) is 4.99. The Kier molecular flexibility index (Phi) is 4.24. The van der Waals surface area contributed by atoms with Crippen LogP contribution in [0.5, 0.6) is 0 Å². The maximum atomic E-state index is 11.3. The second-order valence-corrected chi connectivity index (χ2v) is 4.99. The van der Waals surface area contributed by atoms with Gasteiger partial charge < -0.3 is 10.0 Å². The Morgan fingerprint density at radius 1 is 1.29 bits per heavy atom. The summed E-state index contributed by atoms with van der Waals surface area (Å²) in [6.45, 7) is 2.47. The number of aromatic carboxylic acids is 1. The minimum atomic E-state index is -0.942. The molecule has 2 aromatic rings. The largest absolute Gasteiger partial charge is 0.478 e. The van der Waals surface area contributed by atoms with E-state index in [1.54, 1.807) is 18.2 Å². The smallest absolute Gasteiger partial charge is 0.337 e. The molecular formula is C17H16N2O2. The molecule has 0 radical (unpaired) electrons. The van der Waals surface area contributed by atoms with Gasteiger partial charge in [-0.3, -0.25) is 0 Å². The molecule has 0 spiro atoms. The van der Waals surface area contributed by atoms with E-state index in [2.05, 4.69) is 6.07 Å². The quantitative estimate of drug-likeness (QED) is 0.934. The van der Waals surface area contributed by atoms with Gasteiger partial charge in [0.25, 0.3) is 0 Å². The molecule has 2 rings (SSSR count). The SMILES string of the molecule is Cc1ccc(C(=O)O)c(N(C)Cc2cccc(C#N)c2)c1. The van der Waals surface area contributed by atoms with E-state index < -0.39 is 5.97 Å². The predicted molar refractivity (Wildman–Crippen MR) is 81.4 cm³/mol. The lowest BCUT2D eigenvalue weighted by Gasteiger charge is -2.22. The number of nitriles is 1. The maximum absolute atomic E-state index is 11.3. The minimum Gasteiger partial charge on any atom is -0.478 e. The molecule has 1 N–H and O–H groups in total. The molecule has 21 heavy (non-hydrogen) atoms. The molecule has 0 saturated carbocycles. The number of anilines is 1. The first kappa shape index (κ1) is 14.6. The summed E-state index contributed by atoms with van der Waals surface area (Å²) in [5, 5.41) is 18.2. The number of carbonyl (C=O) groups is 1. The first-order valence-corrected chi connectivity index (χ1v) is 6.55. The fourth-order valence-electron chi connectivity index (χ4n) is 2.24. The Bertz CT molecular complexity index is 717. The lowest BCUT2D eigenvalue weighted by Crippen LogP contribution is -2.19. The van der Waals surface area contributed by atoms with Gasteiger partial charge in [-0.15, -0.1) is 0 Å². The van der Waals surface area contributed by atoms with Gasteiger partial charge in [0, 0.05) is 13.6 Å². The molecule has 4 nitrogen and oxygen atoms in total. The van der Waals surface area contributed by atoms with Crippen LogP contribution < -0.4 is 4.90 Å². The molecule has 2 aromatic carbocycles. The molecule has 0 aromatic heterocycles. The first-order valence-electron chi connectivity index (χ1n) is 6.55. The van der Waals surface area contributed by atoms with Crippen LogP contribution in [0.4, 0.5) is 5.69 Å². The third kappa shape index (κ3) is 3.40. The number of carboxylic acid groups (broad SMARTS) is 1. The van der Waals surface area contributed by atoms with Crippen molar-refractivity contribution in [3.8, 4) is 6.07 Å². The molecule has 0 fully saturated rings. The van der Waals surface area contributed by atoms with Crippen LogP contribution in [0.15, 0.2) is 42.5 Å². The second kappa shape index (κ2) is 6.10. The number of benzene rings is 2. The summed E-state index contributed by atoms with van der Waals surface area (Å²) in [5.74, 6) is -0.942. The number of hydrogen-bond donors (Lipinski definition) is 1. The van der Waals surface area contributed by atoms with Crippen molar-refractivity contribution in [2.24, 2.45) is 0 Å². The standard InChI is InChI=1S/C17H16N2O2/c1-12-6-7-15(17(20)21)16(8-12)19(2)11-14-5-3-4-13(9-14)10-18/h3-9H,11H2,1-2H3,(H,20,21). The fourth-order valence-corrected chi connectivity index (χ4v) is 2.24. The van der Waals surface area contributed by atoms with Crippen molar-refractivity contribution >= 4 is 11.7 Å². The highest BCUT2D eigenvalue weighted by Gasteiger charge is 2.14. The Hall–Kier alpha value is -2.80. The van der Waals surface area contributed by atoms with E-state index in [0.29, 0.717) is 17.8 Å². The van der Waals surface area contributed by atoms with Gasteiger partial charge in [-0.1, -0.05) is 18.2 Å². The normalized spacial score (nSPS) is 9.95. The van der Waals surface area contributed by atoms with Crippen molar-refractivity contribution in [2.45, 2.75) is 13.5 Å². The summed E-state index contributed by atoms with van der Waals surface area (Å²) >= 11 is 0. The van der Waals surface area contributed by atoms with E-state index >= 15 is 0 Å². The maximum Gasteiger partial charge on any atom is 0.337 e. The highest BCUT2D eigenvalue weighted by Crippen LogP contribution is 2.23. The van der Waals surface area contributed by atoms with Crippen LogP contribution in [-0.2, 0) is 6.54 Å². The monoisotopic (exact) mass is 280 g/mol. The summed E-state index contributed by atoms with van der Waals surface area (Å²) in [5.41, 5.74) is 3.52. The molecular weight excluding hydrogens is 264 g/mol. The van der Waals surface area contributed by atoms with Gasteiger partial charge in [0.05, 0.1) is 22.9 Å². The molecule has 106 valence electrons. The van der Waals surface area contributed by atoms with E-state index in [0.717, 1.165) is 11.1 Å². The average molecular weight is 280 g/mol. The third-order valence-corrected chi connectivity index (χ3v) is 3.27. The van der Waals surface area contributed by atoms with Crippen molar-refractivity contribution < 1.29 is 9.90 Å². The highest BCUT2D eigenvalue weighted by molar-refractivity contribution is 5.94. The molecule has 0 saturated heterocycles. The van der Waals surface area contributed by atoms with Crippen molar-refractivity contribution in [2.75, 3.05) is 11.9 Å². The zero-order valence-electron chi connectivity index (χ0n) is 12.0. The topological polar surface area (TPSA) is 64.3 Å². The van der Waals surface area contributed by atoms with Gasteiger partial charge in [0.2, 0.25) is 0 Å². The van der Waals surface area contributed by atoms with Crippen LogP contribution in [0, 0.1) is 18.3 Å². The Balaban J connectivity index is 2.32. The third-order valence-electron chi connectivity index (χ3n) is 3.27. The van der Waals surface area contributed by atoms with Crippen LogP contribution in [0.1, 0.15) is 27.0 Å². The van der Waals surface area contributed by atoms with Crippen LogP contribution in [0.2, 0.25) is 0 Å². The zero-order valence-corrected chi connectivity index (χ0v) is 12.0. The summed E-state index contributed by atoms with van der Waals surface area (Å²) in [6.07, 6.45) is 0. The molecule has 0 bridgehead atoms. The van der Waals surface area contributed by atoms with E-state index in [1.807, 2.05) is 43.1 Å². The van der Waals surface area contributed by atoms with Crippen molar-refractivity contribution in [1.29, 1.82) is 5.26 Å². The average Bonchev–Trinajstić information content (AvgIpc) is 2.47. The Morgan fingerprint density at radius 3 is 2.71 bits per heavy atom. The van der Waals surface area contributed by atoms with Crippen LogP contribution in [0.25, 0.3) is 0 Å². The van der Waals surface area contributed by atoms with Crippen molar-refractivity contribution in [1.82, 2.24) is 0 Å².